The van der Waals surface area contributed by atoms with Gasteiger partial charge in [-0.05, 0) is 12.7 Å². The molecule has 0 heterocycles. The minimum atomic E-state index is -1.17. The fraction of sp³-hybridized carbons (Fsp3) is 1.00. The van der Waals surface area contributed by atoms with Crippen molar-refractivity contribution in [1.82, 2.24) is 0 Å². The van der Waals surface area contributed by atoms with Crippen molar-refractivity contribution >= 4 is 23.0 Å². The third kappa shape index (κ3) is 1640. The molecule has 2 N–H and O–H groups in total. The van der Waals surface area contributed by atoms with Gasteiger partial charge in [0.25, 0.3) is 0 Å². The Labute approximate surface area is 67.6 Å². The highest BCUT2D eigenvalue weighted by atomic mass is 79.9. The summed E-state index contributed by atoms with van der Waals surface area (Å²) in [5.74, 6) is 1.81. The molecule has 0 aromatic rings. The quantitative estimate of drug-likeness (QED) is 0.463. The number of rotatable bonds is 0. The predicted molar refractivity (Wildman–Crippen MR) is 49.0 cm³/mol. The molecule has 0 radical (unpaired) electrons. The van der Waals surface area contributed by atoms with Crippen LogP contribution >= 0.6 is 15.9 Å². The van der Waals surface area contributed by atoms with Crippen LogP contribution in [0, 0.1) is 0 Å². The van der Waals surface area contributed by atoms with Gasteiger partial charge >= 0.3 is 7.12 Å². The third-order valence-corrected chi connectivity index (χ3v) is 0. The number of alkyl halides is 1. The van der Waals surface area contributed by atoms with E-state index < -0.39 is 7.12 Å². The first-order valence-corrected chi connectivity index (χ1v) is 4.06. The molecule has 0 aromatic carbocycles. The molecule has 0 amide bonds. The minimum absolute atomic E-state index is 0. The van der Waals surface area contributed by atoms with Crippen LogP contribution in [-0.2, 0) is 0 Å². The zero-order valence-electron chi connectivity index (χ0n) is 5.85. The Bertz CT molecular complexity index is 19.7. The van der Waals surface area contributed by atoms with E-state index in [-0.39, 0.29) is 7.43 Å². The SMILES string of the molecule is C.CB(O)O.CBr.CC. The van der Waals surface area contributed by atoms with Gasteiger partial charge in [-0.1, -0.05) is 37.2 Å². The summed E-state index contributed by atoms with van der Waals surface area (Å²) in [5, 5.41) is 15.2. The van der Waals surface area contributed by atoms with Crippen LogP contribution in [0.3, 0.4) is 0 Å². The van der Waals surface area contributed by atoms with E-state index in [1.54, 1.807) is 0 Å². The average Bonchev–Trinajstić information content (AvgIpc) is 1.75. The van der Waals surface area contributed by atoms with E-state index in [0.717, 1.165) is 0 Å². The normalized spacial score (nSPS) is 4.33. The largest absolute Gasteiger partial charge is 0.448 e. The van der Waals surface area contributed by atoms with Crippen molar-refractivity contribution < 1.29 is 10.0 Å². The van der Waals surface area contributed by atoms with Gasteiger partial charge in [-0.25, -0.2) is 0 Å². The van der Waals surface area contributed by atoms with Crippen LogP contribution in [0.1, 0.15) is 21.3 Å². The summed E-state index contributed by atoms with van der Waals surface area (Å²) < 4.78 is 0. The molecule has 0 aliphatic heterocycles. The molecule has 0 saturated heterocycles. The highest BCUT2D eigenvalue weighted by molar-refractivity contribution is 9.08. The van der Waals surface area contributed by atoms with Crippen LogP contribution in [0.2, 0.25) is 6.82 Å². The van der Waals surface area contributed by atoms with Gasteiger partial charge in [0.2, 0.25) is 0 Å². The average molecular weight is 201 g/mol. The summed E-state index contributed by atoms with van der Waals surface area (Å²) >= 11 is 2.94. The van der Waals surface area contributed by atoms with Gasteiger partial charge < -0.3 is 10.0 Å². The molecule has 60 valence electrons. The second-order valence-electron chi connectivity index (χ2n) is 0.632. The Kier molecular flexibility index (Phi) is 99.1. The first-order chi connectivity index (χ1) is 3.73. The van der Waals surface area contributed by atoms with Gasteiger partial charge in [0, 0.05) is 0 Å². The fourth-order valence-electron chi connectivity index (χ4n) is 0. The first-order valence-electron chi connectivity index (χ1n) is 2.47. The van der Waals surface area contributed by atoms with E-state index in [2.05, 4.69) is 15.9 Å². The molecule has 0 unspecified atom stereocenters. The van der Waals surface area contributed by atoms with Crippen molar-refractivity contribution in [3.63, 3.8) is 0 Å². The molecule has 9 heavy (non-hydrogen) atoms. The zero-order chi connectivity index (χ0) is 7.58. The van der Waals surface area contributed by atoms with Crippen LogP contribution in [0.15, 0.2) is 0 Å². The maximum atomic E-state index is 7.61. The van der Waals surface area contributed by atoms with Crippen molar-refractivity contribution in [1.29, 1.82) is 0 Å². The van der Waals surface area contributed by atoms with Gasteiger partial charge in [0.15, 0.2) is 0 Å². The molecular weight excluding hydrogens is 183 g/mol. The molecule has 0 aliphatic carbocycles. The Morgan fingerprint density at radius 1 is 1.11 bits per heavy atom. The first kappa shape index (κ1) is 22.7. The standard InChI is InChI=1S/C2H6.CH5BO2.CH3Br.CH4/c1-2;1-2(3)4;1-2;/h1-2H3;3-4H,1H3;1H3;1H4. The van der Waals surface area contributed by atoms with Crippen molar-refractivity contribution in [2.75, 3.05) is 5.83 Å². The zero-order valence-corrected chi connectivity index (χ0v) is 7.44. The van der Waals surface area contributed by atoms with Crippen LogP contribution in [-0.4, -0.2) is 23.0 Å². The Balaban J connectivity index is -0.0000000221. The van der Waals surface area contributed by atoms with Gasteiger partial charge in [-0.2, -0.15) is 0 Å². The molecule has 0 fully saturated rings. The maximum Gasteiger partial charge on any atom is 0.448 e. The summed E-state index contributed by atoms with van der Waals surface area (Å²) in [5.41, 5.74) is 0. The molecule has 0 spiro atoms. The highest BCUT2D eigenvalue weighted by Crippen LogP contribution is 1.51. The Hall–Kier alpha value is 0.465. The van der Waals surface area contributed by atoms with Crippen LogP contribution < -0.4 is 0 Å². The molecule has 4 heteroatoms. The van der Waals surface area contributed by atoms with E-state index in [0.29, 0.717) is 0 Å². The predicted octanol–water partition coefficient (Wildman–Crippen LogP) is 1.76. The van der Waals surface area contributed by atoms with Crippen LogP contribution in [0.4, 0.5) is 0 Å². The Morgan fingerprint density at radius 3 is 1.11 bits per heavy atom. The highest BCUT2D eigenvalue weighted by Gasteiger charge is 1.86. The van der Waals surface area contributed by atoms with Crippen molar-refractivity contribution in [2.45, 2.75) is 28.1 Å². The molecule has 0 atom stereocenters. The van der Waals surface area contributed by atoms with E-state index >= 15 is 0 Å². The van der Waals surface area contributed by atoms with E-state index in [1.165, 1.54) is 6.82 Å². The van der Waals surface area contributed by atoms with Crippen molar-refractivity contribution in [3.05, 3.63) is 0 Å². The summed E-state index contributed by atoms with van der Waals surface area (Å²) in [6, 6.07) is 0. The van der Waals surface area contributed by atoms with E-state index in [9.17, 15) is 0 Å². The molecule has 0 rings (SSSR count). The van der Waals surface area contributed by atoms with Crippen molar-refractivity contribution in [3.8, 4) is 0 Å². The summed E-state index contributed by atoms with van der Waals surface area (Å²) in [7, 11) is -1.17. The molecular formula is C5H18BBrO2. The molecule has 2 nitrogen and oxygen atoms in total. The lowest BCUT2D eigenvalue weighted by Gasteiger charge is -1.71. The second-order valence-corrected chi connectivity index (χ2v) is 0.632. The topological polar surface area (TPSA) is 40.5 Å². The molecule has 0 bridgehead atoms. The minimum Gasteiger partial charge on any atom is -0.427 e. The summed E-state index contributed by atoms with van der Waals surface area (Å²) in [6.45, 7) is 5.28. The lowest BCUT2D eigenvalue weighted by atomic mass is 9.99. The molecule has 0 aliphatic rings. The number of halogens is 1. The van der Waals surface area contributed by atoms with Gasteiger partial charge in [-0.15, -0.1) is 0 Å². The lowest BCUT2D eigenvalue weighted by Crippen LogP contribution is -2.00. The number of hydrogen-bond acceptors (Lipinski definition) is 2. The van der Waals surface area contributed by atoms with Gasteiger partial charge in [-0.3, -0.25) is 0 Å². The lowest BCUT2D eigenvalue weighted by molar-refractivity contribution is 0.417. The van der Waals surface area contributed by atoms with Crippen LogP contribution in [0.5, 0.6) is 0 Å². The van der Waals surface area contributed by atoms with E-state index in [1.807, 2.05) is 19.7 Å². The molecule has 0 saturated carbocycles. The van der Waals surface area contributed by atoms with Crippen molar-refractivity contribution in [2.24, 2.45) is 0 Å². The summed E-state index contributed by atoms with van der Waals surface area (Å²) in [6.07, 6.45) is 0. The smallest absolute Gasteiger partial charge is 0.427 e. The monoisotopic (exact) mass is 200 g/mol. The second kappa shape index (κ2) is 39.3. The molecule has 0 aromatic heterocycles. The van der Waals surface area contributed by atoms with Crippen LogP contribution in [0.25, 0.3) is 0 Å². The Morgan fingerprint density at radius 2 is 1.11 bits per heavy atom. The number of hydrogen-bond donors (Lipinski definition) is 2. The van der Waals surface area contributed by atoms with E-state index in [4.69, 9.17) is 10.0 Å². The fourth-order valence-corrected chi connectivity index (χ4v) is 0. The third-order valence-electron chi connectivity index (χ3n) is 0. The maximum absolute atomic E-state index is 7.61. The van der Waals surface area contributed by atoms with Gasteiger partial charge in [0.05, 0.1) is 0 Å². The summed E-state index contributed by atoms with van der Waals surface area (Å²) in [4.78, 5) is 0. The van der Waals surface area contributed by atoms with Gasteiger partial charge in [0.1, 0.15) is 0 Å².